The van der Waals surface area contributed by atoms with Gasteiger partial charge in [-0.25, -0.2) is 4.79 Å². The number of non-ortho nitro benzene ring substituents is 1. The van der Waals surface area contributed by atoms with Crippen molar-refractivity contribution in [1.29, 1.82) is 0 Å². The molecule has 0 saturated heterocycles. The summed E-state index contributed by atoms with van der Waals surface area (Å²) in [7, 11) is 1.68. The first kappa shape index (κ1) is 15.3. The third-order valence-corrected chi connectivity index (χ3v) is 3.99. The number of fused-ring (bicyclic) bond motifs is 1. The summed E-state index contributed by atoms with van der Waals surface area (Å²) in [5.74, 6) is 0. The van der Waals surface area contributed by atoms with Gasteiger partial charge in [-0.3, -0.25) is 15.0 Å². The van der Waals surface area contributed by atoms with Crippen LogP contribution in [-0.2, 0) is 13.1 Å². The Bertz CT molecular complexity index is 794. The SMILES string of the molecule is CN1Cc2cc([N+](=O)[O-])ccc2N(Cc2cccc(Cl)c2)C1=O. The van der Waals surface area contributed by atoms with E-state index in [0.717, 1.165) is 11.1 Å². The van der Waals surface area contributed by atoms with E-state index in [1.165, 1.54) is 17.0 Å². The molecule has 0 atom stereocenters. The Hall–Kier alpha value is -2.60. The van der Waals surface area contributed by atoms with Crippen molar-refractivity contribution in [1.82, 2.24) is 4.90 Å². The van der Waals surface area contributed by atoms with Crippen molar-refractivity contribution in [3.8, 4) is 0 Å². The monoisotopic (exact) mass is 331 g/mol. The molecule has 6 nitrogen and oxygen atoms in total. The Morgan fingerprint density at radius 2 is 2.04 bits per heavy atom. The van der Waals surface area contributed by atoms with Crippen molar-refractivity contribution >= 4 is 29.0 Å². The molecule has 7 heteroatoms. The molecule has 3 rings (SSSR count). The zero-order valence-electron chi connectivity index (χ0n) is 12.4. The quantitative estimate of drug-likeness (QED) is 0.634. The Labute approximate surface area is 138 Å². The molecule has 2 amide bonds. The Morgan fingerprint density at radius 1 is 1.26 bits per heavy atom. The molecule has 0 saturated carbocycles. The van der Waals surface area contributed by atoms with Crippen molar-refractivity contribution in [3.63, 3.8) is 0 Å². The first-order valence-corrected chi connectivity index (χ1v) is 7.38. The fourth-order valence-corrected chi connectivity index (χ4v) is 2.89. The second-order valence-corrected chi connectivity index (χ2v) is 5.86. The van der Waals surface area contributed by atoms with Gasteiger partial charge in [0.2, 0.25) is 0 Å². The second-order valence-electron chi connectivity index (χ2n) is 5.42. The zero-order chi connectivity index (χ0) is 16.6. The topological polar surface area (TPSA) is 66.7 Å². The minimum Gasteiger partial charge on any atom is -0.323 e. The Balaban J connectivity index is 2.00. The van der Waals surface area contributed by atoms with Crippen LogP contribution in [0.15, 0.2) is 42.5 Å². The highest BCUT2D eigenvalue weighted by Crippen LogP contribution is 2.32. The largest absolute Gasteiger partial charge is 0.324 e. The van der Waals surface area contributed by atoms with Gasteiger partial charge >= 0.3 is 6.03 Å². The lowest BCUT2D eigenvalue weighted by Crippen LogP contribution is -2.44. The van der Waals surface area contributed by atoms with Crippen LogP contribution in [0.5, 0.6) is 0 Å². The van der Waals surface area contributed by atoms with Crippen LogP contribution in [0.4, 0.5) is 16.2 Å². The van der Waals surface area contributed by atoms with Crippen molar-refractivity contribution in [2.24, 2.45) is 0 Å². The molecule has 0 radical (unpaired) electrons. The summed E-state index contributed by atoms with van der Waals surface area (Å²) >= 11 is 5.99. The van der Waals surface area contributed by atoms with Crippen LogP contribution in [0.25, 0.3) is 0 Å². The van der Waals surface area contributed by atoms with Crippen molar-refractivity contribution < 1.29 is 9.72 Å². The number of nitro groups is 1. The molecule has 0 spiro atoms. The van der Waals surface area contributed by atoms with Crippen LogP contribution in [0, 0.1) is 10.1 Å². The second kappa shape index (κ2) is 5.89. The number of carbonyl (C=O) groups is 1. The lowest BCUT2D eigenvalue weighted by Gasteiger charge is -2.35. The van der Waals surface area contributed by atoms with Crippen LogP contribution < -0.4 is 4.90 Å². The fourth-order valence-electron chi connectivity index (χ4n) is 2.68. The lowest BCUT2D eigenvalue weighted by atomic mass is 10.1. The van der Waals surface area contributed by atoms with Crippen LogP contribution in [-0.4, -0.2) is 22.9 Å². The van der Waals surface area contributed by atoms with Gasteiger partial charge < -0.3 is 4.90 Å². The normalized spacial score (nSPS) is 13.9. The van der Waals surface area contributed by atoms with Crippen LogP contribution >= 0.6 is 11.6 Å². The number of halogens is 1. The van der Waals surface area contributed by atoms with E-state index in [-0.39, 0.29) is 11.7 Å². The van der Waals surface area contributed by atoms with Gasteiger partial charge in [0.05, 0.1) is 17.2 Å². The molecule has 0 fully saturated rings. The van der Waals surface area contributed by atoms with Gasteiger partial charge in [-0.1, -0.05) is 23.7 Å². The van der Waals surface area contributed by atoms with Crippen LogP contribution in [0.3, 0.4) is 0 Å². The highest BCUT2D eigenvalue weighted by Gasteiger charge is 2.29. The molecular formula is C16H14ClN3O3. The van der Waals surface area contributed by atoms with Gasteiger partial charge in [0.1, 0.15) is 0 Å². The van der Waals surface area contributed by atoms with Crippen LogP contribution in [0.2, 0.25) is 5.02 Å². The maximum atomic E-state index is 12.5. The smallest absolute Gasteiger partial charge is 0.323 e. The molecule has 1 heterocycles. The molecule has 1 aliphatic heterocycles. The minimum absolute atomic E-state index is 0.0224. The summed E-state index contributed by atoms with van der Waals surface area (Å²) < 4.78 is 0. The lowest BCUT2D eigenvalue weighted by molar-refractivity contribution is -0.384. The van der Waals surface area contributed by atoms with Gasteiger partial charge in [-0.15, -0.1) is 0 Å². The Kier molecular flexibility index (Phi) is 3.92. The van der Waals surface area contributed by atoms with E-state index in [1.54, 1.807) is 30.1 Å². The zero-order valence-corrected chi connectivity index (χ0v) is 13.2. The standard InChI is InChI=1S/C16H14ClN3O3/c1-18-10-12-8-14(20(22)23)5-6-15(12)19(16(18)21)9-11-3-2-4-13(17)7-11/h2-8H,9-10H2,1H3. The van der Waals surface area contributed by atoms with Crippen molar-refractivity contribution in [2.75, 3.05) is 11.9 Å². The molecule has 118 valence electrons. The predicted octanol–water partition coefficient (Wildman–Crippen LogP) is 3.82. The number of rotatable bonds is 3. The molecule has 0 aromatic heterocycles. The fraction of sp³-hybridized carbons (Fsp3) is 0.188. The number of nitro benzene ring substituents is 1. The molecular weight excluding hydrogens is 318 g/mol. The first-order valence-electron chi connectivity index (χ1n) is 7.00. The predicted molar refractivity (Wildman–Crippen MR) is 87.6 cm³/mol. The van der Waals surface area contributed by atoms with E-state index in [0.29, 0.717) is 23.8 Å². The number of urea groups is 1. The molecule has 1 aliphatic rings. The van der Waals surface area contributed by atoms with E-state index in [4.69, 9.17) is 11.6 Å². The van der Waals surface area contributed by atoms with Gasteiger partial charge in [0.25, 0.3) is 5.69 Å². The average Bonchev–Trinajstić information content (AvgIpc) is 2.51. The van der Waals surface area contributed by atoms with Gasteiger partial charge in [0.15, 0.2) is 0 Å². The van der Waals surface area contributed by atoms with E-state index < -0.39 is 4.92 Å². The highest BCUT2D eigenvalue weighted by atomic mass is 35.5. The molecule has 2 aromatic rings. The highest BCUT2D eigenvalue weighted by molar-refractivity contribution is 6.30. The van der Waals surface area contributed by atoms with E-state index >= 15 is 0 Å². The summed E-state index contributed by atoms with van der Waals surface area (Å²) in [4.78, 5) is 26.1. The molecule has 0 aliphatic carbocycles. The summed E-state index contributed by atoms with van der Waals surface area (Å²) in [6.45, 7) is 0.705. The minimum atomic E-state index is -0.433. The number of anilines is 1. The van der Waals surface area contributed by atoms with E-state index in [1.807, 2.05) is 12.1 Å². The van der Waals surface area contributed by atoms with E-state index in [2.05, 4.69) is 0 Å². The van der Waals surface area contributed by atoms with E-state index in [9.17, 15) is 14.9 Å². The first-order chi connectivity index (χ1) is 11.0. The molecule has 0 N–H and O–H groups in total. The summed E-state index contributed by atoms with van der Waals surface area (Å²) in [6, 6.07) is 11.7. The number of carbonyl (C=O) groups excluding carboxylic acids is 1. The number of amides is 2. The average molecular weight is 332 g/mol. The Morgan fingerprint density at radius 3 is 2.74 bits per heavy atom. The molecule has 0 unspecified atom stereocenters. The third-order valence-electron chi connectivity index (χ3n) is 3.76. The molecule has 2 aromatic carbocycles. The van der Waals surface area contributed by atoms with Crippen molar-refractivity contribution in [3.05, 3.63) is 68.7 Å². The summed E-state index contributed by atoms with van der Waals surface area (Å²) in [6.07, 6.45) is 0. The molecule has 23 heavy (non-hydrogen) atoms. The maximum Gasteiger partial charge on any atom is 0.324 e. The maximum absolute atomic E-state index is 12.5. The number of hydrogen-bond donors (Lipinski definition) is 0. The number of nitrogens with zero attached hydrogens (tertiary/aromatic N) is 3. The summed E-state index contributed by atoms with van der Waals surface area (Å²) in [5, 5.41) is 11.5. The van der Waals surface area contributed by atoms with Gasteiger partial charge in [-0.05, 0) is 23.8 Å². The summed E-state index contributed by atoms with van der Waals surface area (Å²) in [5.41, 5.74) is 2.36. The van der Waals surface area contributed by atoms with Crippen LogP contribution in [0.1, 0.15) is 11.1 Å². The van der Waals surface area contributed by atoms with Gasteiger partial charge in [0, 0.05) is 36.3 Å². The third kappa shape index (κ3) is 2.98. The number of benzene rings is 2. The van der Waals surface area contributed by atoms with Gasteiger partial charge in [-0.2, -0.15) is 0 Å². The molecule has 0 bridgehead atoms. The number of hydrogen-bond acceptors (Lipinski definition) is 3. The van der Waals surface area contributed by atoms with Crippen molar-refractivity contribution in [2.45, 2.75) is 13.1 Å².